The minimum atomic E-state index is -1.41. The van der Waals surface area contributed by atoms with Gasteiger partial charge in [0.15, 0.2) is 11.6 Å². The fourth-order valence-corrected chi connectivity index (χ4v) is 2.89. The minimum absolute atomic E-state index is 0.144. The van der Waals surface area contributed by atoms with Gasteiger partial charge in [0.2, 0.25) is 0 Å². The number of Topliss-reactive ketones (excluding diaryl/α,β-unsaturated/α-hetero) is 2. The molecule has 0 atom stereocenters. The van der Waals surface area contributed by atoms with E-state index >= 15 is 0 Å². The fraction of sp³-hybridized carbons (Fsp3) is 0.300. The van der Waals surface area contributed by atoms with Crippen molar-refractivity contribution in [3.8, 4) is 0 Å². The third kappa shape index (κ3) is 4.88. The molecular weight excluding hydrogens is 380 g/mol. The van der Waals surface area contributed by atoms with Crippen LogP contribution in [0, 0.1) is 20.2 Å². The van der Waals surface area contributed by atoms with Gasteiger partial charge in [-0.2, -0.15) is 0 Å². The van der Waals surface area contributed by atoms with Crippen LogP contribution in [0.5, 0.6) is 0 Å². The molecule has 0 fully saturated rings. The van der Waals surface area contributed by atoms with E-state index < -0.39 is 32.6 Å². The van der Waals surface area contributed by atoms with E-state index in [1.807, 2.05) is 0 Å². The number of benzene rings is 2. The molecule has 9 heteroatoms. The molecule has 0 bridgehead atoms. The molecule has 2 rings (SSSR count). The third-order valence-electron chi connectivity index (χ3n) is 4.28. The molecular formula is C20H20N2O7. The molecule has 0 aliphatic carbocycles. The van der Waals surface area contributed by atoms with Gasteiger partial charge in [-0.05, 0) is 52.0 Å². The fourth-order valence-electron chi connectivity index (χ4n) is 2.89. The zero-order valence-electron chi connectivity index (χ0n) is 16.4. The van der Waals surface area contributed by atoms with Crippen LogP contribution in [0.3, 0.4) is 0 Å². The Kier molecular flexibility index (Phi) is 5.93. The van der Waals surface area contributed by atoms with Crippen molar-refractivity contribution in [1.29, 1.82) is 0 Å². The lowest BCUT2D eigenvalue weighted by Gasteiger charge is -2.34. The first-order valence-electron chi connectivity index (χ1n) is 8.64. The van der Waals surface area contributed by atoms with E-state index in [1.54, 1.807) is 0 Å². The number of ether oxygens (including phenoxy) is 1. The maximum Gasteiger partial charge on any atom is 0.269 e. The van der Waals surface area contributed by atoms with Crippen LogP contribution >= 0.6 is 0 Å². The van der Waals surface area contributed by atoms with E-state index in [-0.39, 0.29) is 22.5 Å². The Morgan fingerprint density at radius 2 is 0.966 bits per heavy atom. The van der Waals surface area contributed by atoms with Crippen LogP contribution in [0.2, 0.25) is 0 Å². The predicted octanol–water partition coefficient (Wildman–Crippen LogP) is 4.14. The number of nitro groups is 2. The van der Waals surface area contributed by atoms with Gasteiger partial charge in [-0.1, -0.05) is 0 Å². The number of rotatable bonds is 8. The molecule has 0 radical (unpaired) electrons. The zero-order valence-corrected chi connectivity index (χ0v) is 16.4. The Labute approximate surface area is 166 Å². The minimum Gasteiger partial charge on any atom is -0.353 e. The SMILES string of the molecule is CC(C)(OC(C)(C)C(=O)c1ccc([N+](=O)[O-])cc1)C(=O)c1ccc([N+](=O)[O-])cc1. The number of carbonyl (C=O) groups is 2. The second-order valence-corrected chi connectivity index (χ2v) is 7.39. The summed E-state index contributed by atoms with van der Waals surface area (Å²) < 4.78 is 5.85. The van der Waals surface area contributed by atoms with E-state index in [4.69, 9.17) is 4.74 Å². The number of carbonyl (C=O) groups excluding carboxylic acids is 2. The standard InChI is InChI=1S/C20H20N2O7/c1-19(2,17(23)13-5-9-15(10-6-13)21(25)26)29-20(3,4)18(24)14-7-11-16(12-8-14)22(27)28/h5-12H,1-4H3. The molecule has 0 heterocycles. The van der Waals surface area contributed by atoms with Gasteiger partial charge in [-0.25, -0.2) is 0 Å². The average Bonchev–Trinajstić information content (AvgIpc) is 2.66. The van der Waals surface area contributed by atoms with Crippen LogP contribution in [0.15, 0.2) is 48.5 Å². The maximum absolute atomic E-state index is 12.8. The first-order valence-corrected chi connectivity index (χ1v) is 8.64. The van der Waals surface area contributed by atoms with Gasteiger partial charge in [-0.15, -0.1) is 0 Å². The van der Waals surface area contributed by atoms with Gasteiger partial charge in [0.1, 0.15) is 11.2 Å². The van der Waals surface area contributed by atoms with Crippen LogP contribution in [0.1, 0.15) is 48.4 Å². The predicted molar refractivity (Wildman–Crippen MR) is 104 cm³/mol. The molecule has 9 nitrogen and oxygen atoms in total. The Bertz CT molecular complexity index is 882. The van der Waals surface area contributed by atoms with Gasteiger partial charge in [0.25, 0.3) is 11.4 Å². The molecule has 0 aromatic heterocycles. The summed E-state index contributed by atoms with van der Waals surface area (Å²) >= 11 is 0. The molecule has 2 aromatic carbocycles. The highest BCUT2D eigenvalue weighted by Gasteiger charge is 2.40. The van der Waals surface area contributed by atoms with Gasteiger partial charge in [0, 0.05) is 35.4 Å². The van der Waals surface area contributed by atoms with Crippen LogP contribution in [-0.2, 0) is 4.74 Å². The highest BCUT2D eigenvalue weighted by molar-refractivity contribution is 6.04. The summed E-state index contributed by atoms with van der Waals surface area (Å²) in [5.41, 5.74) is -2.69. The van der Waals surface area contributed by atoms with Crippen LogP contribution in [0.4, 0.5) is 11.4 Å². The second-order valence-electron chi connectivity index (χ2n) is 7.39. The summed E-state index contributed by atoms with van der Waals surface area (Å²) in [6, 6.07) is 10.2. The smallest absolute Gasteiger partial charge is 0.269 e. The summed E-state index contributed by atoms with van der Waals surface area (Å²) in [6.45, 7) is 6.01. The van der Waals surface area contributed by atoms with Crippen molar-refractivity contribution >= 4 is 22.9 Å². The number of hydrogen-bond acceptors (Lipinski definition) is 7. The molecule has 0 N–H and O–H groups in total. The summed E-state index contributed by atoms with van der Waals surface area (Å²) in [5.74, 6) is -0.894. The van der Waals surface area contributed by atoms with Gasteiger partial charge >= 0.3 is 0 Å². The van der Waals surface area contributed by atoms with Crippen molar-refractivity contribution in [2.75, 3.05) is 0 Å². The molecule has 0 amide bonds. The van der Waals surface area contributed by atoms with Crippen molar-refractivity contribution in [3.05, 3.63) is 79.9 Å². The van der Waals surface area contributed by atoms with Gasteiger partial charge in [-0.3, -0.25) is 29.8 Å². The summed E-state index contributed by atoms with van der Waals surface area (Å²) in [5, 5.41) is 21.5. The quantitative estimate of drug-likeness (QED) is 0.370. The van der Waals surface area contributed by atoms with E-state index in [9.17, 15) is 29.8 Å². The monoisotopic (exact) mass is 400 g/mol. The first-order chi connectivity index (χ1) is 13.3. The molecule has 29 heavy (non-hydrogen) atoms. The highest BCUT2D eigenvalue weighted by Crippen LogP contribution is 2.28. The molecule has 0 saturated carbocycles. The average molecular weight is 400 g/mol. The maximum atomic E-state index is 12.8. The van der Waals surface area contributed by atoms with E-state index in [0.29, 0.717) is 0 Å². The van der Waals surface area contributed by atoms with E-state index in [1.165, 1.54) is 76.2 Å². The van der Waals surface area contributed by atoms with Gasteiger partial charge < -0.3 is 4.74 Å². The van der Waals surface area contributed by atoms with Gasteiger partial charge in [0.05, 0.1) is 9.85 Å². The largest absolute Gasteiger partial charge is 0.353 e. The lowest BCUT2D eigenvalue weighted by molar-refractivity contribution is -0.385. The normalized spacial score (nSPS) is 11.7. The molecule has 0 spiro atoms. The van der Waals surface area contributed by atoms with Crippen molar-refractivity contribution in [1.82, 2.24) is 0 Å². The molecule has 0 aliphatic heterocycles. The summed E-state index contributed by atoms with van der Waals surface area (Å²) in [6.07, 6.45) is 0. The van der Waals surface area contributed by atoms with Crippen LogP contribution in [0.25, 0.3) is 0 Å². The van der Waals surface area contributed by atoms with E-state index in [0.717, 1.165) is 0 Å². The molecule has 2 aromatic rings. The van der Waals surface area contributed by atoms with Crippen molar-refractivity contribution < 1.29 is 24.2 Å². The molecule has 0 aliphatic rings. The molecule has 152 valence electrons. The lowest BCUT2D eigenvalue weighted by Crippen LogP contribution is -2.47. The third-order valence-corrected chi connectivity index (χ3v) is 4.28. The Morgan fingerprint density at radius 1 is 0.690 bits per heavy atom. The number of non-ortho nitro benzene ring substituents is 2. The van der Waals surface area contributed by atoms with Crippen LogP contribution in [-0.4, -0.2) is 32.6 Å². The molecule has 0 saturated heterocycles. The van der Waals surface area contributed by atoms with Crippen LogP contribution < -0.4 is 0 Å². The van der Waals surface area contributed by atoms with Crippen molar-refractivity contribution in [3.63, 3.8) is 0 Å². The first kappa shape index (κ1) is 21.8. The lowest BCUT2D eigenvalue weighted by atomic mass is 9.92. The highest BCUT2D eigenvalue weighted by atomic mass is 16.6. The molecule has 0 unspecified atom stereocenters. The topological polar surface area (TPSA) is 130 Å². The zero-order chi connectivity index (χ0) is 22.0. The van der Waals surface area contributed by atoms with Crippen molar-refractivity contribution in [2.45, 2.75) is 38.9 Å². The van der Waals surface area contributed by atoms with E-state index in [2.05, 4.69) is 0 Å². The number of nitrogens with zero attached hydrogens (tertiary/aromatic N) is 2. The Morgan fingerprint density at radius 3 is 1.21 bits per heavy atom. The number of nitro benzene ring substituents is 2. The van der Waals surface area contributed by atoms with Crippen molar-refractivity contribution in [2.24, 2.45) is 0 Å². The Balaban J connectivity index is 2.21. The number of hydrogen-bond donors (Lipinski definition) is 0. The summed E-state index contributed by atoms with van der Waals surface area (Å²) in [7, 11) is 0. The number of ketones is 2. The summed E-state index contributed by atoms with van der Waals surface area (Å²) in [4.78, 5) is 46.0. The second kappa shape index (κ2) is 7.88. The Hall–Kier alpha value is -3.46.